The Kier molecular flexibility index (Phi) is 6.12. The van der Waals surface area contributed by atoms with Gasteiger partial charge in [0.1, 0.15) is 23.2 Å². The molecule has 246 valence electrons. The molecule has 48 heavy (non-hydrogen) atoms. The van der Waals surface area contributed by atoms with Gasteiger partial charge in [-0.25, -0.2) is 0 Å². The van der Waals surface area contributed by atoms with Gasteiger partial charge in [-0.05, 0) is 67.9 Å². The topological polar surface area (TPSA) is 97.9 Å². The molecule has 1 saturated heterocycles. The number of ketones is 1. The molecule has 0 unspecified atom stereocenters. The maximum absolute atomic E-state index is 14.6. The van der Waals surface area contributed by atoms with Gasteiger partial charge in [0, 0.05) is 39.4 Å². The third-order valence-electron chi connectivity index (χ3n) is 13.0. The fourth-order valence-corrected chi connectivity index (χ4v) is 10.5. The Balaban J connectivity index is 1.22. The Labute approximate surface area is 280 Å². The molecule has 7 heteroatoms. The van der Waals surface area contributed by atoms with Crippen LogP contribution in [0.1, 0.15) is 75.3 Å². The van der Waals surface area contributed by atoms with Crippen molar-refractivity contribution in [2.45, 2.75) is 93.9 Å². The number of carbonyl (C=O) groups is 2. The molecule has 0 radical (unpaired) electrons. The predicted molar refractivity (Wildman–Crippen MR) is 180 cm³/mol. The van der Waals surface area contributed by atoms with Crippen LogP contribution in [0.2, 0.25) is 0 Å². The molecule has 3 fully saturated rings. The summed E-state index contributed by atoms with van der Waals surface area (Å²) in [4.78, 5) is 32.2. The minimum Gasteiger partial charge on any atom is -0.458 e. The fraction of sp³-hybridized carbons (Fsp3) is 0.415. The number of H-pyrrole nitrogens is 1. The standard InChI is InChI=1S/C41H41NO6/c1-37(2)35-30(43)23-31-40(47-35,48-37)20-19-38(3)39(4)26(21-28-27-17-11-12-18-29(27)42-34(28)39)22-32(41(31,38)45)46-36(44)33(24-13-7-5-8-14-24)25-15-9-6-10-16-25/h5-18,23,26,32-33,35,42,45H,19-22H2,1-4H3/t26-,32+,35+,38-,39-,40+,41+/m1/s1. The summed E-state index contributed by atoms with van der Waals surface area (Å²) in [5, 5.41) is 14.9. The maximum Gasteiger partial charge on any atom is 0.318 e. The average molecular weight is 644 g/mol. The molecule has 1 spiro atoms. The molecule has 0 amide bonds. The summed E-state index contributed by atoms with van der Waals surface area (Å²) >= 11 is 0. The Morgan fingerprint density at radius 2 is 1.56 bits per heavy atom. The van der Waals surface area contributed by atoms with Gasteiger partial charge in [-0.2, -0.15) is 0 Å². The number of nitrogens with one attached hydrogen (secondary N) is 1. The van der Waals surface area contributed by atoms with Crippen molar-refractivity contribution >= 4 is 22.7 Å². The van der Waals surface area contributed by atoms with E-state index in [0.717, 1.165) is 28.8 Å². The van der Waals surface area contributed by atoms with Crippen LogP contribution in [0.3, 0.4) is 0 Å². The highest BCUT2D eigenvalue weighted by Crippen LogP contribution is 2.72. The zero-order valence-corrected chi connectivity index (χ0v) is 27.8. The fourth-order valence-electron chi connectivity index (χ4n) is 10.5. The summed E-state index contributed by atoms with van der Waals surface area (Å²) in [6.45, 7) is 8.11. The van der Waals surface area contributed by atoms with Crippen LogP contribution in [0, 0.1) is 11.3 Å². The van der Waals surface area contributed by atoms with E-state index in [-0.39, 0.29) is 11.7 Å². The molecule has 3 aromatic carbocycles. The normalized spacial score (nSPS) is 35.8. The smallest absolute Gasteiger partial charge is 0.318 e. The highest BCUT2D eigenvalue weighted by atomic mass is 16.8. The Bertz CT molecular complexity index is 1980. The molecule has 2 aliphatic heterocycles. The number of para-hydroxylation sites is 1. The number of aromatic amines is 1. The van der Waals surface area contributed by atoms with Crippen molar-refractivity contribution < 1.29 is 28.9 Å². The molecule has 3 aliphatic carbocycles. The molecule has 7 atom stereocenters. The number of ether oxygens (including phenoxy) is 3. The van der Waals surface area contributed by atoms with Crippen LogP contribution in [0.15, 0.2) is 96.6 Å². The Hall–Kier alpha value is -4.04. The maximum atomic E-state index is 14.6. The number of hydrogen-bond acceptors (Lipinski definition) is 6. The lowest BCUT2D eigenvalue weighted by Crippen LogP contribution is -2.75. The van der Waals surface area contributed by atoms with Gasteiger partial charge in [-0.1, -0.05) is 92.7 Å². The number of fused-ring (bicyclic) bond motifs is 9. The van der Waals surface area contributed by atoms with Gasteiger partial charge in [0.15, 0.2) is 17.7 Å². The summed E-state index contributed by atoms with van der Waals surface area (Å²) < 4.78 is 19.9. The monoisotopic (exact) mass is 643 g/mol. The Morgan fingerprint density at radius 3 is 2.25 bits per heavy atom. The number of rotatable bonds is 4. The summed E-state index contributed by atoms with van der Waals surface area (Å²) in [6.07, 6.45) is 2.06. The first-order valence-electron chi connectivity index (χ1n) is 17.2. The van der Waals surface area contributed by atoms with Crippen LogP contribution in [-0.4, -0.2) is 51.0 Å². The second-order valence-electron chi connectivity index (χ2n) is 15.6. The van der Waals surface area contributed by atoms with Crippen LogP contribution in [0.25, 0.3) is 10.9 Å². The molecule has 7 nitrogen and oxygen atoms in total. The minimum atomic E-state index is -1.77. The number of carbonyl (C=O) groups excluding carboxylic acids is 2. The molecule has 2 N–H and O–H groups in total. The van der Waals surface area contributed by atoms with E-state index < -0.39 is 51.9 Å². The van der Waals surface area contributed by atoms with Crippen molar-refractivity contribution in [2.24, 2.45) is 11.3 Å². The van der Waals surface area contributed by atoms with Gasteiger partial charge in [-0.3, -0.25) is 9.59 Å². The highest BCUT2D eigenvalue weighted by Gasteiger charge is 2.78. The van der Waals surface area contributed by atoms with Crippen molar-refractivity contribution in [3.63, 3.8) is 0 Å². The van der Waals surface area contributed by atoms with Gasteiger partial charge >= 0.3 is 5.97 Å². The van der Waals surface area contributed by atoms with Crippen LogP contribution in [0.5, 0.6) is 0 Å². The number of hydrogen-bond donors (Lipinski definition) is 2. The third-order valence-corrected chi connectivity index (χ3v) is 13.0. The molecular weight excluding hydrogens is 602 g/mol. The van der Waals surface area contributed by atoms with Gasteiger partial charge in [0.25, 0.3) is 0 Å². The first kappa shape index (κ1) is 30.1. The van der Waals surface area contributed by atoms with Crippen molar-refractivity contribution in [1.82, 2.24) is 4.98 Å². The largest absolute Gasteiger partial charge is 0.458 e. The lowest BCUT2D eigenvalue weighted by Gasteiger charge is -2.67. The number of aliphatic hydroxyl groups is 1. The zero-order chi connectivity index (χ0) is 33.3. The number of esters is 1. The Morgan fingerprint density at radius 1 is 0.917 bits per heavy atom. The second kappa shape index (κ2) is 9.78. The van der Waals surface area contributed by atoms with E-state index in [0.29, 0.717) is 24.8 Å². The molecule has 9 rings (SSSR count). The SMILES string of the molecule is CC1(C)O[C@@]23CC[C@]4(C)[C@@]5(C)c6[nH]c7ccccc7c6C[C@@H]5C[C@H](OC(=O)C(c5ccccc5)c5ccccc5)[C@@]4(O)C2=CC(=O)[C@@H]1O3. The van der Waals surface area contributed by atoms with E-state index in [2.05, 4.69) is 37.0 Å². The third kappa shape index (κ3) is 3.65. The van der Waals surface area contributed by atoms with Crippen molar-refractivity contribution in [2.75, 3.05) is 0 Å². The highest BCUT2D eigenvalue weighted by molar-refractivity contribution is 5.97. The van der Waals surface area contributed by atoms with Crippen LogP contribution in [0.4, 0.5) is 0 Å². The summed E-state index contributed by atoms with van der Waals surface area (Å²) in [5.41, 5.74) is 1.40. The molecule has 2 bridgehead atoms. The quantitative estimate of drug-likeness (QED) is 0.241. The second-order valence-corrected chi connectivity index (χ2v) is 15.6. The molecular formula is C41H41NO6. The molecule has 1 aromatic heterocycles. The van der Waals surface area contributed by atoms with E-state index in [1.54, 1.807) is 6.08 Å². The number of benzene rings is 3. The lowest BCUT2D eigenvalue weighted by molar-refractivity contribution is -0.277. The van der Waals surface area contributed by atoms with Crippen molar-refractivity contribution in [3.8, 4) is 0 Å². The average Bonchev–Trinajstić information content (AvgIpc) is 3.66. The van der Waals surface area contributed by atoms with E-state index in [9.17, 15) is 14.7 Å². The van der Waals surface area contributed by atoms with Crippen molar-refractivity contribution in [1.29, 1.82) is 0 Å². The first-order valence-corrected chi connectivity index (χ1v) is 17.2. The minimum absolute atomic E-state index is 0.0712. The summed E-state index contributed by atoms with van der Waals surface area (Å²) in [6, 6.07) is 27.6. The first-order chi connectivity index (χ1) is 22.9. The summed E-state index contributed by atoms with van der Waals surface area (Å²) in [5.74, 6) is -2.58. The molecule has 2 saturated carbocycles. The molecule has 5 aliphatic rings. The zero-order valence-electron chi connectivity index (χ0n) is 27.8. The predicted octanol–water partition coefficient (Wildman–Crippen LogP) is 6.68. The lowest BCUT2D eigenvalue weighted by atomic mass is 9.41. The van der Waals surface area contributed by atoms with Gasteiger partial charge in [0.05, 0.1) is 0 Å². The van der Waals surface area contributed by atoms with Crippen LogP contribution < -0.4 is 0 Å². The van der Waals surface area contributed by atoms with Crippen molar-refractivity contribution in [3.05, 3.63) is 119 Å². The summed E-state index contributed by atoms with van der Waals surface area (Å²) in [7, 11) is 0. The number of aromatic nitrogens is 1. The van der Waals surface area contributed by atoms with Crippen LogP contribution >= 0.6 is 0 Å². The van der Waals surface area contributed by atoms with Gasteiger partial charge < -0.3 is 24.3 Å². The van der Waals surface area contributed by atoms with Crippen LogP contribution in [-0.2, 0) is 35.6 Å². The van der Waals surface area contributed by atoms with E-state index >= 15 is 0 Å². The van der Waals surface area contributed by atoms with Gasteiger partial charge in [-0.15, -0.1) is 0 Å². The van der Waals surface area contributed by atoms with E-state index in [4.69, 9.17) is 14.2 Å². The molecule has 3 heterocycles. The van der Waals surface area contributed by atoms with E-state index in [1.807, 2.05) is 80.6 Å². The molecule has 4 aromatic rings. The van der Waals surface area contributed by atoms with E-state index in [1.165, 1.54) is 10.9 Å². The van der Waals surface area contributed by atoms with Gasteiger partial charge in [0.2, 0.25) is 0 Å².